The quantitative estimate of drug-likeness (QED) is 0.745. The Morgan fingerprint density at radius 3 is 3.00 bits per heavy atom. The monoisotopic (exact) mass is 218 g/mol. The summed E-state index contributed by atoms with van der Waals surface area (Å²) in [7, 11) is 0. The normalized spacial score (nSPS) is 13.2. The van der Waals surface area contributed by atoms with Crippen LogP contribution in [-0.4, -0.2) is 13.1 Å². The zero-order valence-corrected chi connectivity index (χ0v) is 9.29. The minimum absolute atomic E-state index is 0.371. The third-order valence-corrected chi connectivity index (χ3v) is 3.03. The molecule has 0 aliphatic rings. The van der Waals surface area contributed by atoms with Crippen molar-refractivity contribution < 1.29 is 0 Å². The molecule has 0 saturated carbocycles. The fourth-order valence-corrected chi connectivity index (χ4v) is 2.07. The Hall–Kier alpha value is -0.0900. The summed E-state index contributed by atoms with van der Waals surface area (Å²) >= 11 is 7.41. The Balaban J connectivity index is 2.35. The molecule has 1 heterocycles. The molecule has 74 valence electrons. The Morgan fingerprint density at radius 1 is 1.69 bits per heavy atom. The Morgan fingerprint density at radius 2 is 2.46 bits per heavy atom. The van der Waals surface area contributed by atoms with Crippen molar-refractivity contribution in [2.45, 2.75) is 19.4 Å². The minimum Gasteiger partial charge on any atom is -0.330 e. The van der Waals surface area contributed by atoms with E-state index in [9.17, 15) is 0 Å². The number of nitrogens with two attached hydrogens (primary N) is 1. The fraction of sp³-hybridized carbons (Fsp3) is 0.556. The minimum atomic E-state index is 0.371. The first-order valence-corrected chi connectivity index (χ1v) is 5.67. The second-order valence-corrected chi connectivity index (χ2v) is 4.54. The highest BCUT2D eigenvalue weighted by molar-refractivity contribution is 7.14. The predicted molar refractivity (Wildman–Crippen MR) is 59.4 cm³/mol. The SMILES string of the molecule is CC(NCCCN)c1csc(Cl)c1. The average molecular weight is 219 g/mol. The predicted octanol–water partition coefficient (Wildman–Crippen LogP) is 2.40. The van der Waals surface area contributed by atoms with Crippen LogP contribution in [0.25, 0.3) is 0 Å². The molecule has 13 heavy (non-hydrogen) atoms. The van der Waals surface area contributed by atoms with E-state index in [2.05, 4.69) is 17.6 Å². The van der Waals surface area contributed by atoms with E-state index >= 15 is 0 Å². The van der Waals surface area contributed by atoms with Gasteiger partial charge in [-0.1, -0.05) is 11.6 Å². The number of hydrogen-bond acceptors (Lipinski definition) is 3. The van der Waals surface area contributed by atoms with Gasteiger partial charge in [0.1, 0.15) is 0 Å². The second kappa shape index (κ2) is 5.60. The molecule has 3 N–H and O–H groups in total. The molecule has 2 nitrogen and oxygen atoms in total. The largest absolute Gasteiger partial charge is 0.330 e. The van der Waals surface area contributed by atoms with Crippen molar-refractivity contribution >= 4 is 22.9 Å². The summed E-state index contributed by atoms with van der Waals surface area (Å²) in [5, 5.41) is 5.47. The van der Waals surface area contributed by atoms with Crippen LogP contribution in [0.3, 0.4) is 0 Å². The van der Waals surface area contributed by atoms with Crippen LogP contribution in [-0.2, 0) is 0 Å². The van der Waals surface area contributed by atoms with Gasteiger partial charge in [0, 0.05) is 6.04 Å². The fourth-order valence-electron chi connectivity index (χ4n) is 1.09. The van der Waals surface area contributed by atoms with Gasteiger partial charge in [-0.3, -0.25) is 0 Å². The maximum atomic E-state index is 5.84. The van der Waals surface area contributed by atoms with E-state index in [-0.39, 0.29) is 0 Å². The maximum absolute atomic E-state index is 5.84. The van der Waals surface area contributed by atoms with Gasteiger partial charge in [0.25, 0.3) is 0 Å². The molecule has 0 fully saturated rings. The lowest BCUT2D eigenvalue weighted by molar-refractivity contribution is 0.563. The Labute approximate surface area is 88.1 Å². The summed E-state index contributed by atoms with van der Waals surface area (Å²) < 4.78 is 0.850. The van der Waals surface area contributed by atoms with Crippen LogP contribution in [0.2, 0.25) is 4.34 Å². The van der Waals surface area contributed by atoms with E-state index in [0.29, 0.717) is 6.04 Å². The summed E-state index contributed by atoms with van der Waals surface area (Å²) in [4.78, 5) is 0. The second-order valence-electron chi connectivity index (χ2n) is 3.00. The van der Waals surface area contributed by atoms with E-state index in [1.165, 1.54) is 5.56 Å². The van der Waals surface area contributed by atoms with Crippen molar-refractivity contribution in [3.8, 4) is 0 Å². The average Bonchev–Trinajstić information content (AvgIpc) is 2.52. The molecule has 0 aromatic carbocycles. The third-order valence-electron chi connectivity index (χ3n) is 1.92. The molecular formula is C9H15ClN2S. The van der Waals surface area contributed by atoms with Crippen molar-refractivity contribution in [1.82, 2.24) is 5.32 Å². The van der Waals surface area contributed by atoms with Crippen LogP contribution in [0.5, 0.6) is 0 Å². The summed E-state index contributed by atoms with van der Waals surface area (Å²) in [5.74, 6) is 0. The van der Waals surface area contributed by atoms with Crippen LogP contribution in [0, 0.1) is 0 Å². The molecule has 0 spiro atoms. The zero-order chi connectivity index (χ0) is 9.68. The summed E-state index contributed by atoms with van der Waals surface area (Å²) in [5.41, 5.74) is 6.65. The highest BCUT2D eigenvalue weighted by Gasteiger charge is 2.05. The first-order chi connectivity index (χ1) is 6.24. The van der Waals surface area contributed by atoms with Gasteiger partial charge in [-0.25, -0.2) is 0 Å². The van der Waals surface area contributed by atoms with E-state index in [4.69, 9.17) is 17.3 Å². The number of hydrogen-bond donors (Lipinski definition) is 2. The van der Waals surface area contributed by atoms with Crippen LogP contribution in [0.4, 0.5) is 0 Å². The molecule has 0 aliphatic heterocycles. The molecule has 0 saturated heterocycles. The van der Waals surface area contributed by atoms with Crippen LogP contribution >= 0.6 is 22.9 Å². The number of rotatable bonds is 5. The van der Waals surface area contributed by atoms with Crippen LogP contribution < -0.4 is 11.1 Å². The van der Waals surface area contributed by atoms with Gasteiger partial charge in [0.2, 0.25) is 0 Å². The van der Waals surface area contributed by atoms with Gasteiger partial charge in [-0.15, -0.1) is 11.3 Å². The maximum Gasteiger partial charge on any atom is 0.0931 e. The highest BCUT2D eigenvalue weighted by Crippen LogP contribution is 2.24. The molecule has 0 amide bonds. The van der Waals surface area contributed by atoms with Crippen molar-refractivity contribution in [3.05, 3.63) is 21.3 Å². The Kier molecular flexibility index (Phi) is 4.73. The first kappa shape index (κ1) is 11.0. The van der Waals surface area contributed by atoms with Gasteiger partial charge >= 0.3 is 0 Å². The molecule has 0 aliphatic carbocycles. The van der Waals surface area contributed by atoms with Gasteiger partial charge in [0.05, 0.1) is 4.34 Å². The smallest absolute Gasteiger partial charge is 0.0931 e. The summed E-state index contributed by atoms with van der Waals surface area (Å²) in [6.07, 6.45) is 1.02. The van der Waals surface area contributed by atoms with Gasteiger partial charge in [-0.2, -0.15) is 0 Å². The molecule has 0 bridgehead atoms. The number of thiophene rings is 1. The molecule has 1 aromatic rings. The topological polar surface area (TPSA) is 38.0 Å². The molecule has 1 atom stereocenters. The number of halogens is 1. The third kappa shape index (κ3) is 3.65. The number of nitrogens with one attached hydrogen (secondary N) is 1. The van der Waals surface area contributed by atoms with Gasteiger partial charge in [-0.05, 0) is 43.4 Å². The Bertz CT molecular complexity index is 250. The van der Waals surface area contributed by atoms with Crippen molar-refractivity contribution in [2.75, 3.05) is 13.1 Å². The zero-order valence-electron chi connectivity index (χ0n) is 7.72. The van der Waals surface area contributed by atoms with E-state index < -0.39 is 0 Å². The molecule has 1 rings (SSSR count). The lowest BCUT2D eigenvalue weighted by Crippen LogP contribution is -2.21. The van der Waals surface area contributed by atoms with Crippen LogP contribution in [0.15, 0.2) is 11.4 Å². The van der Waals surface area contributed by atoms with E-state index in [1.54, 1.807) is 11.3 Å². The molecule has 0 radical (unpaired) electrons. The molecular weight excluding hydrogens is 204 g/mol. The van der Waals surface area contributed by atoms with E-state index in [1.807, 2.05) is 6.07 Å². The standard InChI is InChI=1S/C9H15ClN2S/c1-7(12-4-2-3-11)8-5-9(10)13-6-8/h5-7,12H,2-4,11H2,1H3. The van der Waals surface area contributed by atoms with Crippen LogP contribution in [0.1, 0.15) is 24.9 Å². The molecule has 4 heteroatoms. The summed E-state index contributed by atoms with van der Waals surface area (Å²) in [6, 6.07) is 2.38. The van der Waals surface area contributed by atoms with E-state index in [0.717, 1.165) is 23.8 Å². The van der Waals surface area contributed by atoms with Gasteiger partial charge < -0.3 is 11.1 Å². The van der Waals surface area contributed by atoms with Crippen molar-refractivity contribution in [2.24, 2.45) is 5.73 Å². The lowest BCUT2D eigenvalue weighted by atomic mass is 10.2. The lowest BCUT2D eigenvalue weighted by Gasteiger charge is -2.11. The molecule has 1 unspecified atom stereocenters. The summed E-state index contributed by atoms with van der Waals surface area (Å²) in [6.45, 7) is 3.84. The highest BCUT2D eigenvalue weighted by atomic mass is 35.5. The first-order valence-electron chi connectivity index (χ1n) is 4.41. The molecule has 1 aromatic heterocycles. The van der Waals surface area contributed by atoms with Crippen molar-refractivity contribution in [3.63, 3.8) is 0 Å². The van der Waals surface area contributed by atoms with Crippen molar-refractivity contribution in [1.29, 1.82) is 0 Å². The van der Waals surface area contributed by atoms with Gasteiger partial charge in [0.15, 0.2) is 0 Å².